The van der Waals surface area contributed by atoms with Crippen molar-refractivity contribution in [3.05, 3.63) is 100 Å². The molecule has 5 rings (SSSR count). The molecule has 9 nitrogen and oxygen atoms in total. The quantitative estimate of drug-likeness (QED) is 0.321. The van der Waals surface area contributed by atoms with Crippen LogP contribution in [0.25, 0.3) is 11.1 Å². The van der Waals surface area contributed by atoms with Gasteiger partial charge in [-0.25, -0.2) is 9.97 Å². The van der Waals surface area contributed by atoms with Crippen molar-refractivity contribution in [1.29, 1.82) is 10.5 Å². The summed E-state index contributed by atoms with van der Waals surface area (Å²) in [6.45, 7) is 1.25. The second kappa shape index (κ2) is 12.2. The van der Waals surface area contributed by atoms with Crippen LogP contribution in [0.3, 0.4) is 0 Å². The van der Waals surface area contributed by atoms with Crippen molar-refractivity contribution >= 4 is 23.3 Å². The molecule has 2 aromatic heterocycles. The highest BCUT2D eigenvalue weighted by molar-refractivity contribution is 6.30. The van der Waals surface area contributed by atoms with E-state index in [4.69, 9.17) is 27.1 Å². The van der Waals surface area contributed by atoms with Crippen LogP contribution in [0.1, 0.15) is 47.0 Å². The molecule has 0 bridgehead atoms. The maximum Gasteiger partial charge on any atom is 0.220 e. The minimum Gasteiger partial charge on any atom is -0.369 e. The number of aromatic nitrogens is 3. The largest absolute Gasteiger partial charge is 0.369 e. The number of carbonyl (C=O) groups is 1. The van der Waals surface area contributed by atoms with Gasteiger partial charge in [0.05, 0.1) is 47.7 Å². The fraction of sp³-hybridized carbons (Fsp3) is 0.258. The first-order valence-electron chi connectivity index (χ1n) is 13.2. The lowest BCUT2D eigenvalue weighted by molar-refractivity contribution is -0.122. The first-order valence-corrected chi connectivity index (χ1v) is 13.6. The first kappa shape index (κ1) is 27.9. The fourth-order valence-electron chi connectivity index (χ4n) is 5.12. The van der Waals surface area contributed by atoms with Crippen LogP contribution < -0.4 is 10.6 Å². The lowest BCUT2D eigenvalue weighted by atomic mass is 9.95. The van der Waals surface area contributed by atoms with Crippen LogP contribution in [0.2, 0.25) is 5.02 Å². The lowest BCUT2D eigenvalue weighted by Crippen LogP contribution is -2.39. The van der Waals surface area contributed by atoms with Gasteiger partial charge in [-0.3, -0.25) is 4.79 Å². The van der Waals surface area contributed by atoms with Crippen molar-refractivity contribution in [1.82, 2.24) is 14.5 Å². The summed E-state index contributed by atoms with van der Waals surface area (Å²) in [5.41, 5.74) is 10.4. The zero-order valence-corrected chi connectivity index (χ0v) is 23.3. The highest BCUT2D eigenvalue weighted by atomic mass is 35.5. The highest BCUT2D eigenvalue weighted by Gasteiger charge is 2.27. The van der Waals surface area contributed by atoms with E-state index >= 15 is 0 Å². The summed E-state index contributed by atoms with van der Waals surface area (Å²) < 4.78 is 8.46. The topological polar surface area (TPSA) is 134 Å². The second-order valence-corrected chi connectivity index (χ2v) is 10.4. The molecule has 206 valence electrons. The number of nitrogens with two attached hydrogens (primary N) is 1. The number of halogens is 1. The first-order chi connectivity index (χ1) is 19.9. The van der Waals surface area contributed by atoms with Crippen molar-refractivity contribution in [3.8, 4) is 23.3 Å². The summed E-state index contributed by atoms with van der Waals surface area (Å²) in [6, 6.07) is 20.9. The van der Waals surface area contributed by atoms with E-state index < -0.39 is 6.10 Å². The van der Waals surface area contributed by atoms with Crippen LogP contribution in [0.5, 0.6) is 0 Å². The fourth-order valence-corrected chi connectivity index (χ4v) is 5.31. The maximum atomic E-state index is 11.7. The molecule has 2 N–H and O–H groups in total. The van der Waals surface area contributed by atoms with Crippen molar-refractivity contribution in [2.45, 2.75) is 25.6 Å². The zero-order chi connectivity index (χ0) is 28.9. The number of rotatable bonds is 8. The van der Waals surface area contributed by atoms with E-state index in [1.165, 1.54) is 0 Å². The molecule has 0 aliphatic carbocycles. The number of piperidine rings is 1. The van der Waals surface area contributed by atoms with Gasteiger partial charge in [-0.05, 0) is 54.3 Å². The third kappa shape index (κ3) is 6.07. The number of aryl methyl sites for hydroxylation is 1. The minimum absolute atomic E-state index is 0.119. The molecule has 1 amide bonds. The highest BCUT2D eigenvalue weighted by Crippen LogP contribution is 2.34. The van der Waals surface area contributed by atoms with E-state index in [2.05, 4.69) is 17.1 Å². The minimum atomic E-state index is -0.491. The SMILES string of the molecule is Cn1cncc1C(OCc1nc(N2CCC(C(N)=O)CC2)c(C#N)cc1-c1cccc(Cl)c1)c1ccc(C#N)cc1. The Labute approximate surface area is 243 Å². The van der Waals surface area contributed by atoms with Gasteiger partial charge >= 0.3 is 0 Å². The van der Waals surface area contributed by atoms with Gasteiger partial charge in [-0.15, -0.1) is 0 Å². The van der Waals surface area contributed by atoms with Gasteiger partial charge in [0.1, 0.15) is 18.0 Å². The number of ether oxygens (including phenoxy) is 1. The van der Waals surface area contributed by atoms with E-state index in [1.54, 1.807) is 30.7 Å². The normalized spacial score (nSPS) is 14.3. The van der Waals surface area contributed by atoms with Gasteiger partial charge in [-0.1, -0.05) is 35.9 Å². The summed E-state index contributed by atoms with van der Waals surface area (Å²) in [7, 11) is 1.90. The van der Waals surface area contributed by atoms with Gasteiger partial charge in [0, 0.05) is 36.6 Å². The van der Waals surface area contributed by atoms with E-state index in [0.717, 1.165) is 22.4 Å². The van der Waals surface area contributed by atoms with Crippen LogP contribution in [0.4, 0.5) is 5.82 Å². The Kier molecular flexibility index (Phi) is 8.30. The number of amides is 1. The van der Waals surface area contributed by atoms with Crippen LogP contribution in [0.15, 0.2) is 67.1 Å². The molecule has 0 radical (unpaired) electrons. The Balaban J connectivity index is 1.54. The number of hydrogen-bond acceptors (Lipinski definition) is 7. The number of nitrogens with zero attached hydrogens (tertiary/aromatic N) is 6. The summed E-state index contributed by atoms with van der Waals surface area (Å²) in [6.07, 6.45) is 4.17. The van der Waals surface area contributed by atoms with Crippen LogP contribution in [-0.2, 0) is 23.2 Å². The summed E-state index contributed by atoms with van der Waals surface area (Å²) in [5, 5.41) is 19.9. The molecular weight excluding hydrogens is 538 g/mol. The molecule has 1 atom stereocenters. The van der Waals surface area contributed by atoms with Gasteiger partial charge in [-0.2, -0.15) is 10.5 Å². The number of benzene rings is 2. The molecule has 0 spiro atoms. The summed E-state index contributed by atoms with van der Waals surface area (Å²) in [5.74, 6) is 0.0696. The molecule has 1 unspecified atom stereocenters. The molecule has 1 fully saturated rings. The number of carbonyl (C=O) groups excluding carboxylic acids is 1. The maximum absolute atomic E-state index is 11.7. The lowest BCUT2D eigenvalue weighted by Gasteiger charge is -2.32. The Morgan fingerprint density at radius 2 is 1.90 bits per heavy atom. The monoisotopic (exact) mass is 565 g/mol. The summed E-state index contributed by atoms with van der Waals surface area (Å²) in [4.78, 5) is 23.0. The molecule has 1 aliphatic heterocycles. The molecule has 10 heteroatoms. The van der Waals surface area contributed by atoms with Gasteiger partial charge < -0.3 is 19.9 Å². The third-order valence-electron chi connectivity index (χ3n) is 7.39. The van der Waals surface area contributed by atoms with Gasteiger partial charge in [0.15, 0.2) is 0 Å². The Bertz CT molecular complexity index is 1640. The van der Waals surface area contributed by atoms with E-state index in [0.29, 0.717) is 53.6 Å². The molecule has 0 saturated carbocycles. The predicted octanol–water partition coefficient (Wildman–Crippen LogP) is 4.89. The number of primary amides is 1. The van der Waals surface area contributed by atoms with E-state index in [-0.39, 0.29) is 18.4 Å². The molecule has 3 heterocycles. The standard InChI is InChI=1S/C31H28ClN7O2/c1-38-19-36-17-28(38)29(21-7-5-20(15-33)6-8-21)41-18-27-26(23-3-2-4-25(32)13-23)14-24(16-34)31(37-27)39-11-9-22(10-12-39)30(35)40/h2-8,13-14,17,19,22,29H,9-12,18H2,1H3,(H2,35,40). The molecule has 41 heavy (non-hydrogen) atoms. The molecule has 1 saturated heterocycles. The van der Waals surface area contributed by atoms with Crippen molar-refractivity contribution in [3.63, 3.8) is 0 Å². The third-order valence-corrected chi connectivity index (χ3v) is 7.62. The molecule has 2 aromatic carbocycles. The van der Waals surface area contributed by atoms with Crippen molar-refractivity contribution in [2.24, 2.45) is 18.7 Å². The Morgan fingerprint density at radius 1 is 1.15 bits per heavy atom. The molecule has 1 aliphatic rings. The average molecular weight is 566 g/mol. The number of hydrogen-bond donors (Lipinski definition) is 1. The Hall–Kier alpha value is -4.70. The van der Waals surface area contributed by atoms with E-state index in [9.17, 15) is 15.3 Å². The second-order valence-electron chi connectivity index (χ2n) is 9.99. The van der Waals surface area contributed by atoms with Crippen LogP contribution >= 0.6 is 11.6 Å². The van der Waals surface area contributed by atoms with Gasteiger partial charge in [0.2, 0.25) is 5.91 Å². The number of imidazole rings is 1. The summed E-state index contributed by atoms with van der Waals surface area (Å²) >= 11 is 6.33. The molecule has 4 aromatic rings. The van der Waals surface area contributed by atoms with Gasteiger partial charge in [0.25, 0.3) is 0 Å². The molecular formula is C31H28ClN7O2. The Morgan fingerprint density at radius 3 is 2.51 bits per heavy atom. The van der Waals surface area contributed by atoms with Crippen LogP contribution in [-0.4, -0.2) is 33.5 Å². The number of pyridine rings is 1. The predicted molar refractivity (Wildman–Crippen MR) is 155 cm³/mol. The number of anilines is 1. The number of nitriles is 2. The van der Waals surface area contributed by atoms with Crippen molar-refractivity contribution in [2.75, 3.05) is 18.0 Å². The van der Waals surface area contributed by atoms with Crippen molar-refractivity contribution < 1.29 is 9.53 Å². The average Bonchev–Trinajstić information content (AvgIpc) is 3.42. The van der Waals surface area contributed by atoms with E-state index in [1.807, 2.05) is 52.9 Å². The smallest absolute Gasteiger partial charge is 0.220 e. The zero-order valence-electron chi connectivity index (χ0n) is 22.5. The van der Waals surface area contributed by atoms with Crippen LogP contribution in [0, 0.1) is 28.6 Å².